The van der Waals surface area contributed by atoms with Crippen LogP contribution < -0.4 is 15.2 Å². The minimum absolute atomic E-state index is 0. The molecule has 31 heavy (non-hydrogen) atoms. The number of carbonyl (C=O) groups excluding carboxylic acids is 3. The number of hydrogen-bond acceptors (Lipinski definition) is 6. The van der Waals surface area contributed by atoms with E-state index in [4.69, 9.17) is 15.2 Å². The zero-order valence-electron chi connectivity index (χ0n) is 17.1. The van der Waals surface area contributed by atoms with E-state index < -0.39 is 11.9 Å². The van der Waals surface area contributed by atoms with Gasteiger partial charge in [0.15, 0.2) is 17.3 Å². The molecule has 0 radical (unpaired) electrons. The molecule has 3 aromatic rings. The summed E-state index contributed by atoms with van der Waals surface area (Å²) in [6, 6.07) is 17.9. The zero-order valence-corrected chi connectivity index (χ0v) is 17.9. The number of Topliss-reactive ketones (excluding diaryl/α,β-unsaturated/α-hetero) is 1. The highest BCUT2D eigenvalue weighted by Crippen LogP contribution is 2.30. The highest BCUT2D eigenvalue weighted by atomic mass is 35.5. The number of aryl methyl sites for hydroxylation is 2. The molecule has 0 saturated heterocycles. The predicted molar refractivity (Wildman–Crippen MR) is 119 cm³/mol. The van der Waals surface area contributed by atoms with Gasteiger partial charge >= 0.3 is 11.9 Å². The Morgan fingerprint density at radius 3 is 1.55 bits per heavy atom. The Kier molecular flexibility index (Phi) is 8.07. The van der Waals surface area contributed by atoms with Crippen LogP contribution in [0.1, 0.15) is 42.2 Å². The summed E-state index contributed by atoms with van der Waals surface area (Å²) in [6.45, 7) is 3.61. The van der Waals surface area contributed by atoms with E-state index in [1.807, 2.05) is 13.8 Å². The predicted octanol–water partition coefficient (Wildman–Crippen LogP) is 4.31. The molecule has 3 rings (SSSR count). The molecule has 0 saturated carbocycles. The third-order valence-electron chi connectivity index (χ3n) is 4.43. The molecule has 0 aliphatic heterocycles. The van der Waals surface area contributed by atoms with Crippen LogP contribution in [0.15, 0.2) is 66.7 Å². The zero-order chi connectivity index (χ0) is 21.7. The van der Waals surface area contributed by atoms with Crippen LogP contribution >= 0.6 is 12.4 Å². The number of ether oxygens (including phenoxy) is 2. The first kappa shape index (κ1) is 23.8. The van der Waals surface area contributed by atoms with Gasteiger partial charge in [-0.25, -0.2) is 9.59 Å². The van der Waals surface area contributed by atoms with Crippen LogP contribution in [0.2, 0.25) is 0 Å². The third-order valence-corrected chi connectivity index (χ3v) is 4.43. The molecule has 0 bridgehead atoms. The number of ketones is 1. The van der Waals surface area contributed by atoms with E-state index in [1.54, 1.807) is 48.5 Å². The average Bonchev–Trinajstić information content (AvgIpc) is 2.75. The van der Waals surface area contributed by atoms with E-state index in [2.05, 4.69) is 0 Å². The molecule has 7 heteroatoms. The number of esters is 2. The summed E-state index contributed by atoms with van der Waals surface area (Å²) in [6.07, 6.45) is 0. The van der Waals surface area contributed by atoms with Gasteiger partial charge in [0.1, 0.15) is 0 Å². The van der Waals surface area contributed by atoms with Crippen molar-refractivity contribution in [3.8, 4) is 11.5 Å². The van der Waals surface area contributed by atoms with E-state index >= 15 is 0 Å². The van der Waals surface area contributed by atoms with Crippen molar-refractivity contribution in [1.29, 1.82) is 0 Å². The van der Waals surface area contributed by atoms with Gasteiger partial charge in [0, 0.05) is 5.56 Å². The van der Waals surface area contributed by atoms with Crippen LogP contribution in [0, 0.1) is 13.8 Å². The van der Waals surface area contributed by atoms with E-state index in [1.165, 1.54) is 18.2 Å². The van der Waals surface area contributed by atoms with E-state index in [-0.39, 0.29) is 41.8 Å². The molecular formula is C24H22ClNO5. The van der Waals surface area contributed by atoms with Gasteiger partial charge in [-0.3, -0.25) is 4.79 Å². The number of benzene rings is 3. The highest BCUT2D eigenvalue weighted by molar-refractivity contribution is 5.99. The van der Waals surface area contributed by atoms with E-state index in [9.17, 15) is 14.4 Å². The molecule has 0 spiro atoms. The summed E-state index contributed by atoms with van der Waals surface area (Å²) in [4.78, 5) is 37.0. The van der Waals surface area contributed by atoms with Gasteiger partial charge in [0.05, 0.1) is 17.7 Å². The standard InChI is InChI=1S/C24H21NO5.ClH/c1-15-3-7-17(8-4-15)23(27)29-21-12-11-19(20(26)14-25)13-22(21)30-24(28)18-9-5-16(2)6-10-18;/h3-13H,14,25H2,1-2H3;1H. The van der Waals surface area contributed by atoms with Gasteiger partial charge in [0.2, 0.25) is 0 Å². The van der Waals surface area contributed by atoms with Crippen molar-refractivity contribution < 1.29 is 23.9 Å². The van der Waals surface area contributed by atoms with Crippen LogP contribution in [0.3, 0.4) is 0 Å². The summed E-state index contributed by atoms with van der Waals surface area (Å²) in [7, 11) is 0. The van der Waals surface area contributed by atoms with Crippen molar-refractivity contribution in [3.05, 3.63) is 94.5 Å². The lowest BCUT2D eigenvalue weighted by atomic mass is 10.1. The summed E-state index contributed by atoms with van der Waals surface area (Å²) < 4.78 is 10.9. The summed E-state index contributed by atoms with van der Waals surface area (Å²) >= 11 is 0. The number of rotatable bonds is 6. The number of nitrogens with two attached hydrogens (primary N) is 1. The molecular weight excluding hydrogens is 418 g/mol. The number of carbonyl (C=O) groups is 3. The molecule has 0 fully saturated rings. The van der Waals surface area contributed by atoms with Crippen molar-refractivity contribution in [3.63, 3.8) is 0 Å². The second-order valence-corrected chi connectivity index (χ2v) is 6.80. The molecule has 160 valence electrons. The first-order valence-electron chi connectivity index (χ1n) is 9.32. The van der Waals surface area contributed by atoms with Crippen LogP contribution in [-0.2, 0) is 0 Å². The second-order valence-electron chi connectivity index (χ2n) is 6.80. The third kappa shape index (κ3) is 6.01. The van der Waals surface area contributed by atoms with Gasteiger partial charge in [-0.05, 0) is 56.3 Å². The lowest BCUT2D eigenvalue weighted by Gasteiger charge is -2.12. The summed E-state index contributed by atoms with van der Waals surface area (Å²) in [5, 5.41) is 0. The van der Waals surface area contributed by atoms with Crippen molar-refractivity contribution in [2.24, 2.45) is 5.73 Å². The SMILES string of the molecule is Cc1ccc(C(=O)Oc2ccc(C(=O)CN)cc2OC(=O)c2ccc(C)cc2)cc1.Cl. The molecule has 0 atom stereocenters. The number of halogens is 1. The molecule has 0 aliphatic rings. The topological polar surface area (TPSA) is 95.7 Å². The first-order valence-corrected chi connectivity index (χ1v) is 9.32. The first-order chi connectivity index (χ1) is 14.4. The molecule has 6 nitrogen and oxygen atoms in total. The number of hydrogen-bond donors (Lipinski definition) is 1. The average molecular weight is 440 g/mol. The van der Waals surface area contributed by atoms with E-state index in [0.717, 1.165) is 11.1 Å². The lowest BCUT2D eigenvalue weighted by Crippen LogP contribution is -2.16. The van der Waals surface area contributed by atoms with E-state index in [0.29, 0.717) is 11.1 Å². The Labute approximate surface area is 186 Å². The van der Waals surface area contributed by atoms with Crippen LogP contribution in [0.4, 0.5) is 0 Å². The van der Waals surface area contributed by atoms with Crippen molar-refractivity contribution in [2.45, 2.75) is 13.8 Å². The fourth-order valence-electron chi connectivity index (χ4n) is 2.66. The Morgan fingerprint density at radius 2 is 1.10 bits per heavy atom. The largest absolute Gasteiger partial charge is 0.419 e. The van der Waals surface area contributed by atoms with Gasteiger partial charge in [-0.15, -0.1) is 12.4 Å². The smallest absolute Gasteiger partial charge is 0.343 e. The molecule has 0 aromatic heterocycles. The molecule has 2 N–H and O–H groups in total. The van der Waals surface area contributed by atoms with Gasteiger partial charge < -0.3 is 15.2 Å². The second kappa shape index (κ2) is 10.5. The summed E-state index contributed by atoms with van der Waals surface area (Å²) in [5.74, 6) is -1.60. The summed E-state index contributed by atoms with van der Waals surface area (Å²) in [5.41, 5.74) is 8.34. The van der Waals surface area contributed by atoms with Crippen molar-refractivity contribution in [1.82, 2.24) is 0 Å². The van der Waals surface area contributed by atoms with Gasteiger partial charge in [0.25, 0.3) is 0 Å². The molecule has 0 aliphatic carbocycles. The highest BCUT2D eigenvalue weighted by Gasteiger charge is 2.18. The molecule has 0 heterocycles. The molecule has 0 unspecified atom stereocenters. The fraction of sp³-hybridized carbons (Fsp3) is 0.125. The van der Waals surface area contributed by atoms with Gasteiger partial charge in [-0.2, -0.15) is 0 Å². The van der Waals surface area contributed by atoms with Crippen molar-refractivity contribution in [2.75, 3.05) is 6.54 Å². The lowest BCUT2D eigenvalue weighted by molar-refractivity contribution is 0.0682. The fourth-order valence-corrected chi connectivity index (χ4v) is 2.66. The van der Waals surface area contributed by atoms with Crippen LogP contribution in [0.25, 0.3) is 0 Å². The Balaban J connectivity index is 0.00000341. The minimum Gasteiger partial charge on any atom is -0.419 e. The maximum atomic E-state index is 12.5. The quantitative estimate of drug-likeness (QED) is 0.349. The van der Waals surface area contributed by atoms with Crippen LogP contribution in [-0.4, -0.2) is 24.3 Å². The Morgan fingerprint density at radius 1 is 0.677 bits per heavy atom. The Hall–Kier alpha value is -3.48. The minimum atomic E-state index is -0.639. The van der Waals surface area contributed by atoms with Crippen molar-refractivity contribution >= 4 is 30.1 Å². The Bertz CT molecular complexity index is 1090. The molecule has 3 aromatic carbocycles. The maximum absolute atomic E-state index is 12.5. The maximum Gasteiger partial charge on any atom is 0.343 e. The molecule has 0 amide bonds. The normalized spacial score (nSPS) is 10.0. The monoisotopic (exact) mass is 439 g/mol. The van der Waals surface area contributed by atoms with Gasteiger partial charge in [-0.1, -0.05) is 35.4 Å². The van der Waals surface area contributed by atoms with Crippen LogP contribution in [0.5, 0.6) is 11.5 Å².